The van der Waals surface area contributed by atoms with Gasteiger partial charge in [0.25, 0.3) is 0 Å². The predicted octanol–water partition coefficient (Wildman–Crippen LogP) is 0.973. The van der Waals surface area contributed by atoms with Gasteiger partial charge in [-0.05, 0) is 26.9 Å². The van der Waals surface area contributed by atoms with Crippen molar-refractivity contribution >= 4 is 0 Å². The van der Waals surface area contributed by atoms with Crippen LogP contribution in [0.3, 0.4) is 0 Å². The highest BCUT2D eigenvalue weighted by Gasteiger charge is 2.14. The maximum atomic E-state index is 5.22. The van der Waals surface area contributed by atoms with E-state index in [9.17, 15) is 0 Å². The molecule has 0 radical (unpaired) electrons. The molecule has 0 aromatic rings. The lowest BCUT2D eigenvalue weighted by molar-refractivity contribution is 0.0506. The highest BCUT2D eigenvalue weighted by Crippen LogP contribution is 2.10. The van der Waals surface area contributed by atoms with Crippen LogP contribution in [0.4, 0.5) is 0 Å². The third kappa shape index (κ3) is 1.95. The van der Waals surface area contributed by atoms with Crippen LogP contribution in [0.15, 0.2) is 0 Å². The summed E-state index contributed by atoms with van der Waals surface area (Å²) in [6, 6.07) is 0.763. The Morgan fingerprint density at radius 1 is 1.33 bits per heavy atom. The quantitative estimate of drug-likeness (QED) is 0.526. The van der Waals surface area contributed by atoms with E-state index in [0.717, 1.165) is 19.3 Å². The van der Waals surface area contributed by atoms with Gasteiger partial charge in [-0.3, -0.25) is 0 Å². The van der Waals surface area contributed by atoms with Crippen LogP contribution in [0.1, 0.15) is 14.3 Å². The zero-order valence-electron chi connectivity index (χ0n) is 6.26. The lowest BCUT2D eigenvalue weighted by Crippen LogP contribution is -2.33. The second-order valence-corrected chi connectivity index (χ2v) is 2.81. The molecule has 1 fully saturated rings. The molecule has 1 aliphatic rings. The Morgan fingerprint density at radius 2 is 1.89 bits per heavy atom. The molecule has 0 unspecified atom stereocenters. The van der Waals surface area contributed by atoms with Crippen LogP contribution in [0, 0.1) is 0 Å². The summed E-state index contributed by atoms with van der Waals surface area (Å²) in [6.07, 6.45) is 2.40. The summed E-state index contributed by atoms with van der Waals surface area (Å²) in [7, 11) is 4.27. The Labute approximate surface area is 58.3 Å². The van der Waals surface area contributed by atoms with Crippen molar-refractivity contribution < 1.29 is 6.16 Å². The summed E-state index contributed by atoms with van der Waals surface area (Å²) < 4.78 is 5.22. The molecule has 1 heterocycles. The molecule has 9 heavy (non-hydrogen) atoms. The number of hydrogen-bond acceptors (Lipinski definition) is 2. The van der Waals surface area contributed by atoms with Gasteiger partial charge in [-0.1, -0.05) is 0 Å². The van der Waals surface area contributed by atoms with E-state index in [1.165, 1.54) is 12.8 Å². The predicted molar refractivity (Wildman–Crippen MR) is 39.6 cm³/mol. The Kier molecular flexibility index (Phi) is 2.49. The van der Waals surface area contributed by atoms with Crippen LogP contribution >= 0.6 is 0 Å². The largest absolute Gasteiger partial charge is 0.381 e. The number of hydrogen-bond donors (Lipinski definition) is 0. The molecule has 0 aromatic carbocycles. The molecule has 2 heteroatoms. The van der Waals surface area contributed by atoms with Crippen molar-refractivity contribution in [3.63, 3.8) is 0 Å². The van der Waals surface area contributed by atoms with Crippen LogP contribution in [0.2, 0.25) is 0 Å². The van der Waals surface area contributed by atoms with Gasteiger partial charge >= 0.3 is 0 Å². The van der Waals surface area contributed by atoms with Crippen molar-refractivity contribution in [3.05, 3.63) is 0 Å². The molecule has 0 bridgehead atoms. The molecule has 56 valence electrons. The van der Waals surface area contributed by atoms with Gasteiger partial charge < -0.3 is 9.64 Å². The fourth-order valence-electron chi connectivity index (χ4n) is 1.20. The second kappa shape index (κ2) is 3.18. The first-order chi connectivity index (χ1) is 4.30. The molecule has 0 amide bonds. The number of nitrogens with zero attached hydrogens (tertiary/aromatic N) is 1. The average Bonchev–Trinajstić information content (AvgIpc) is 1.90. The van der Waals surface area contributed by atoms with Crippen molar-refractivity contribution in [2.75, 3.05) is 27.3 Å². The van der Waals surface area contributed by atoms with E-state index in [1.807, 2.05) is 0 Å². The van der Waals surface area contributed by atoms with Crippen molar-refractivity contribution in [3.8, 4) is 0 Å². The zero-order chi connectivity index (χ0) is 6.69. The van der Waals surface area contributed by atoms with Crippen LogP contribution < -0.4 is 0 Å². The normalized spacial score (nSPS) is 23.0. The third-order valence-electron chi connectivity index (χ3n) is 1.92. The first-order valence-electron chi connectivity index (χ1n) is 3.55. The number of rotatable bonds is 1. The van der Waals surface area contributed by atoms with Crippen LogP contribution in [-0.2, 0) is 4.74 Å². The Hall–Kier alpha value is -0.0800. The topological polar surface area (TPSA) is 12.5 Å². The minimum atomic E-state index is 0. The maximum Gasteiger partial charge on any atom is 0.0480 e. The summed E-state index contributed by atoms with van der Waals surface area (Å²) in [5.74, 6) is 0. The van der Waals surface area contributed by atoms with Crippen molar-refractivity contribution in [1.82, 2.24) is 4.90 Å². The molecule has 0 spiro atoms. The van der Waals surface area contributed by atoms with E-state index in [-0.39, 0.29) is 1.43 Å². The molecule has 2 nitrogen and oxygen atoms in total. The van der Waals surface area contributed by atoms with Gasteiger partial charge in [-0.2, -0.15) is 0 Å². The molecule has 1 rings (SSSR count). The average molecular weight is 131 g/mol. The van der Waals surface area contributed by atoms with Gasteiger partial charge in [0.2, 0.25) is 0 Å². The van der Waals surface area contributed by atoms with Crippen molar-refractivity contribution in [1.29, 1.82) is 0 Å². The monoisotopic (exact) mass is 131 g/mol. The summed E-state index contributed by atoms with van der Waals surface area (Å²) in [5.41, 5.74) is 0. The van der Waals surface area contributed by atoms with Crippen LogP contribution in [-0.4, -0.2) is 38.3 Å². The first kappa shape index (κ1) is 7.03. The van der Waals surface area contributed by atoms with E-state index >= 15 is 0 Å². The molecule has 0 atom stereocenters. The lowest BCUT2D eigenvalue weighted by Gasteiger charge is -2.27. The molecule has 1 saturated heterocycles. The van der Waals surface area contributed by atoms with Crippen LogP contribution in [0.25, 0.3) is 0 Å². The van der Waals surface area contributed by atoms with Gasteiger partial charge in [-0.15, -0.1) is 0 Å². The molecule has 0 aliphatic carbocycles. The SMILES string of the molecule is CN(C)C1CCOCC1.[HH]. The molecular formula is C7H17NO. The minimum Gasteiger partial charge on any atom is -0.381 e. The van der Waals surface area contributed by atoms with E-state index in [2.05, 4.69) is 19.0 Å². The van der Waals surface area contributed by atoms with Crippen molar-refractivity contribution in [2.45, 2.75) is 18.9 Å². The minimum absolute atomic E-state index is 0. The van der Waals surface area contributed by atoms with Gasteiger partial charge in [-0.25, -0.2) is 0 Å². The Bertz CT molecular complexity index is 81.7. The summed E-state index contributed by atoms with van der Waals surface area (Å²) in [6.45, 7) is 1.89. The maximum absolute atomic E-state index is 5.22. The summed E-state index contributed by atoms with van der Waals surface area (Å²) >= 11 is 0. The van der Waals surface area contributed by atoms with Crippen molar-refractivity contribution in [2.24, 2.45) is 0 Å². The van der Waals surface area contributed by atoms with E-state index < -0.39 is 0 Å². The summed E-state index contributed by atoms with van der Waals surface area (Å²) in [5, 5.41) is 0. The fraction of sp³-hybridized carbons (Fsp3) is 1.00. The molecule has 0 saturated carbocycles. The van der Waals surface area contributed by atoms with E-state index in [1.54, 1.807) is 0 Å². The Morgan fingerprint density at radius 3 is 2.22 bits per heavy atom. The Balaban J connectivity index is 0.000000810. The smallest absolute Gasteiger partial charge is 0.0480 e. The lowest BCUT2D eigenvalue weighted by atomic mass is 10.1. The fourth-order valence-corrected chi connectivity index (χ4v) is 1.20. The zero-order valence-corrected chi connectivity index (χ0v) is 6.26. The van der Waals surface area contributed by atoms with E-state index in [4.69, 9.17) is 4.74 Å². The first-order valence-corrected chi connectivity index (χ1v) is 3.55. The number of ether oxygens (including phenoxy) is 1. The van der Waals surface area contributed by atoms with Gasteiger partial charge in [0.05, 0.1) is 0 Å². The molecule has 0 aromatic heterocycles. The van der Waals surface area contributed by atoms with E-state index in [0.29, 0.717) is 0 Å². The van der Waals surface area contributed by atoms with Gasteiger partial charge in [0.1, 0.15) is 0 Å². The molecular weight excluding hydrogens is 114 g/mol. The van der Waals surface area contributed by atoms with Crippen LogP contribution in [0.5, 0.6) is 0 Å². The second-order valence-electron chi connectivity index (χ2n) is 2.81. The molecule has 0 N–H and O–H groups in total. The van der Waals surface area contributed by atoms with Gasteiger partial charge in [0.15, 0.2) is 0 Å². The highest BCUT2D eigenvalue weighted by atomic mass is 16.5. The van der Waals surface area contributed by atoms with Gasteiger partial charge in [0, 0.05) is 20.7 Å². The molecule has 1 aliphatic heterocycles. The summed E-state index contributed by atoms with van der Waals surface area (Å²) in [4.78, 5) is 2.28. The standard InChI is InChI=1S/C7H15NO.H2/c1-8(2)7-3-5-9-6-4-7;/h7H,3-6H2,1-2H3;1H. The highest BCUT2D eigenvalue weighted by molar-refractivity contribution is 4.68. The third-order valence-corrected chi connectivity index (χ3v) is 1.92.